The molecule has 2 saturated carbocycles. The third kappa shape index (κ3) is 17.3. The maximum Gasteiger partial charge on any atom is 0.673 e. The van der Waals surface area contributed by atoms with Gasteiger partial charge in [-0.2, -0.15) is 0 Å². The van der Waals surface area contributed by atoms with Gasteiger partial charge >= 0.3 is 7.25 Å². The Bertz CT molecular complexity index is 634. The Balaban J connectivity index is 0.000000575. The average Bonchev–Trinajstić information content (AvgIpc) is 3.73. The van der Waals surface area contributed by atoms with E-state index in [9.17, 15) is 17.3 Å². The van der Waals surface area contributed by atoms with Crippen LogP contribution in [0.25, 0.3) is 0 Å². The average molecular weight is 768 g/mol. The summed E-state index contributed by atoms with van der Waals surface area (Å²) >= 11 is 0. The smallest absolute Gasteiger partial charge is 0.418 e. The van der Waals surface area contributed by atoms with Crippen LogP contribution < -0.4 is 0 Å². The van der Waals surface area contributed by atoms with Crippen LogP contribution in [0.5, 0.6) is 0 Å². The summed E-state index contributed by atoms with van der Waals surface area (Å²) in [7, 11) is -5.66. The second kappa shape index (κ2) is 25.3. The van der Waals surface area contributed by atoms with Gasteiger partial charge in [-0.3, -0.25) is 0 Å². The van der Waals surface area contributed by atoms with Crippen LogP contribution in [0.15, 0.2) is 24.3 Å². The molecule has 4 atom stereocenters. The molecular weight excluding hydrogens is 716 g/mol. The second-order valence-electron chi connectivity index (χ2n) is 11.1. The van der Waals surface area contributed by atoms with E-state index in [1.807, 2.05) is 0 Å². The molecule has 0 bridgehead atoms. The topological polar surface area (TPSA) is 0 Å². The first-order valence-corrected chi connectivity index (χ1v) is 18.9. The number of rotatable bonds is 6. The standard InChI is InChI=1S/2C13H20P.C8H12.BF4.Fe.Rh/c2*1-3-11-9-10-12(4-2)14(11)13-7-5-6-8-13;1-2-4-6-8-7-5-3-1;2-1(3,4)5;;/h2*5-8,11-12H,3-4,9-10H2,1-2H3;1-2,7-8H,3-6H2;;;/q;;;-1;;/b;;2-1-,8-7-;;;/t2*11-,12-;;;;/m00..../s1. The molecule has 0 aromatic rings. The largest absolute Gasteiger partial charge is 0.673 e. The Hall–Kier alpha value is 1.27. The first kappa shape index (κ1) is 44.3. The normalized spacial score (nSPS) is 29.8. The first-order valence-electron chi connectivity index (χ1n) is 15.9. The van der Waals surface area contributed by atoms with Gasteiger partial charge in [-0.1, -0.05) is 67.8 Å². The van der Waals surface area contributed by atoms with E-state index >= 15 is 0 Å². The summed E-state index contributed by atoms with van der Waals surface area (Å²) in [6.07, 6.45) is 43.7. The molecule has 0 nitrogen and oxygen atoms in total. The van der Waals surface area contributed by atoms with Crippen LogP contribution in [-0.2, 0) is 36.5 Å². The number of hydrogen-bond donors (Lipinski definition) is 0. The van der Waals surface area contributed by atoms with E-state index in [-0.39, 0.29) is 52.4 Å². The molecule has 247 valence electrons. The number of halogens is 4. The molecule has 3 aliphatic carbocycles. The summed E-state index contributed by atoms with van der Waals surface area (Å²) in [5, 5.41) is 0. The number of allylic oxidation sites excluding steroid dienone is 4. The third-order valence-corrected chi connectivity index (χ3v) is 15.8. The van der Waals surface area contributed by atoms with Crippen LogP contribution in [0.3, 0.4) is 0 Å². The van der Waals surface area contributed by atoms with Gasteiger partial charge in [0.2, 0.25) is 0 Å². The molecule has 0 N–H and O–H groups in total. The molecule has 4 fully saturated rings. The van der Waals surface area contributed by atoms with Gasteiger partial charge in [0, 0.05) is 47.9 Å². The van der Waals surface area contributed by atoms with Gasteiger partial charge in [-0.15, -0.1) is 0 Å². The molecule has 0 aromatic heterocycles. The van der Waals surface area contributed by atoms with E-state index in [0.29, 0.717) is 0 Å². The van der Waals surface area contributed by atoms with Gasteiger partial charge in [-0.25, -0.2) is 0 Å². The fourth-order valence-corrected chi connectivity index (χ4v) is 13.5. The van der Waals surface area contributed by atoms with E-state index in [4.69, 9.17) is 0 Å². The minimum atomic E-state index is -6.00. The molecule has 5 aliphatic rings. The Morgan fingerprint density at radius 3 is 0.930 bits per heavy atom. The van der Waals surface area contributed by atoms with Crippen LogP contribution >= 0.6 is 15.8 Å². The molecule has 9 heteroatoms. The van der Waals surface area contributed by atoms with E-state index in [1.54, 1.807) is 11.3 Å². The Morgan fingerprint density at radius 2 is 0.744 bits per heavy atom. The minimum Gasteiger partial charge on any atom is -0.418 e. The molecule has 43 heavy (non-hydrogen) atoms. The third-order valence-electron chi connectivity index (χ3n) is 8.34. The summed E-state index contributed by atoms with van der Waals surface area (Å²) in [5.74, 6) is 0. The monoisotopic (exact) mass is 768 g/mol. The summed E-state index contributed by atoms with van der Waals surface area (Å²) in [4.78, 5) is 0. The molecule has 2 aliphatic heterocycles. The maximum atomic E-state index is 9.75. The van der Waals surface area contributed by atoms with E-state index in [1.165, 1.54) is 77.0 Å². The van der Waals surface area contributed by atoms with Crippen LogP contribution in [0.2, 0.25) is 0 Å². The summed E-state index contributed by atoms with van der Waals surface area (Å²) < 4.78 is 39.0. The Morgan fingerprint density at radius 1 is 0.535 bits per heavy atom. The van der Waals surface area contributed by atoms with Crippen molar-refractivity contribution in [1.82, 2.24) is 0 Å². The zero-order valence-electron chi connectivity index (χ0n) is 26.4. The van der Waals surface area contributed by atoms with Gasteiger partial charge in [-0.05, 0) is 151 Å². The Kier molecular flexibility index (Phi) is 26.1. The van der Waals surface area contributed by atoms with Crippen LogP contribution in [0, 0.1) is 62.7 Å². The van der Waals surface area contributed by atoms with Crippen LogP contribution in [-0.4, -0.2) is 29.9 Å². The minimum absolute atomic E-state index is 0. The van der Waals surface area contributed by atoms with Crippen molar-refractivity contribution in [3.8, 4) is 0 Å². The quantitative estimate of drug-likeness (QED) is 0.109. The molecular formula is C34H52BF4FeP2Rh-. The van der Waals surface area contributed by atoms with Crippen molar-refractivity contribution >= 4 is 23.1 Å². The first-order chi connectivity index (χ1) is 19.7. The van der Waals surface area contributed by atoms with Gasteiger partial charge in [0.1, 0.15) is 0 Å². The van der Waals surface area contributed by atoms with E-state index in [2.05, 4.69) is 103 Å². The molecule has 2 saturated heterocycles. The molecule has 11 radical (unpaired) electrons. The van der Waals surface area contributed by atoms with Gasteiger partial charge in [0.05, 0.1) is 0 Å². The van der Waals surface area contributed by atoms with E-state index in [0.717, 1.165) is 22.6 Å². The fourth-order valence-electron chi connectivity index (χ4n) is 6.30. The molecule has 0 aromatic carbocycles. The van der Waals surface area contributed by atoms with Crippen molar-refractivity contribution in [2.75, 3.05) is 0 Å². The second-order valence-corrected chi connectivity index (χ2v) is 16.7. The van der Waals surface area contributed by atoms with Crippen LogP contribution in [0.4, 0.5) is 17.3 Å². The van der Waals surface area contributed by atoms with Crippen molar-refractivity contribution < 1.29 is 53.8 Å². The summed E-state index contributed by atoms with van der Waals surface area (Å²) in [5.41, 5.74) is 7.37. The van der Waals surface area contributed by atoms with Crippen molar-refractivity contribution in [2.45, 2.75) is 127 Å². The SMILES string of the molecule is C1=C\CC/C=C\CC/1.CC[C@H]1CC[C@H](CC)P1[C]1[CH][CH][CH][CH]1.CC[C@H]1CC[C@H](CC)P1[C]1[CH][CH][CH][CH]1.F[B-](F)(F)F.[Fe].[Rh]. The summed E-state index contributed by atoms with van der Waals surface area (Å²) in [6, 6.07) is 0. The van der Waals surface area contributed by atoms with E-state index < -0.39 is 7.25 Å². The van der Waals surface area contributed by atoms with Gasteiger partial charge in [0.15, 0.2) is 0 Å². The van der Waals surface area contributed by atoms with Gasteiger partial charge < -0.3 is 17.3 Å². The zero-order chi connectivity index (χ0) is 30.1. The number of hydrogen-bond acceptors (Lipinski definition) is 0. The maximum absolute atomic E-state index is 9.75. The fraction of sp³-hybridized carbons (Fsp3) is 0.588. The van der Waals surface area contributed by atoms with Gasteiger partial charge in [0.25, 0.3) is 0 Å². The Labute approximate surface area is 289 Å². The molecule has 0 unspecified atom stereocenters. The zero-order valence-corrected chi connectivity index (χ0v) is 30.9. The molecule has 5 rings (SSSR count). The predicted molar refractivity (Wildman–Crippen MR) is 176 cm³/mol. The van der Waals surface area contributed by atoms with Crippen molar-refractivity contribution in [2.24, 2.45) is 0 Å². The predicted octanol–water partition coefficient (Wildman–Crippen LogP) is 12.3. The van der Waals surface area contributed by atoms with Crippen molar-refractivity contribution in [1.29, 1.82) is 0 Å². The molecule has 2 heterocycles. The molecule has 0 spiro atoms. The van der Waals surface area contributed by atoms with Crippen LogP contribution in [0.1, 0.15) is 105 Å². The van der Waals surface area contributed by atoms with Crippen molar-refractivity contribution in [3.63, 3.8) is 0 Å². The van der Waals surface area contributed by atoms with Crippen molar-refractivity contribution in [3.05, 3.63) is 87.0 Å². The summed E-state index contributed by atoms with van der Waals surface area (Å²) in [6.45, 7) is 9.45. The molecule has 0 amide bonds.